The Morgan fingerprint density at radius 2 is 1.96 bits per heavy atom. The first-order chi connectivity index (χ1) is 11.3. The zero-order valence-corrected chi connectivity index (χ0v) is 15.5. The molecule has 0 bridgehead atoms. The van der Waals surface area contributed by atoms with E-state index in [9.17, 15) is 13.2 Å². The molecule has 24 heavy (non-hydrogen) atoms. The minimum atomic E-state index is -3.94. The van der Waals surface area contributed by atoms with Crippen LogP contribution in [0.25, 0.3) is 0 Å². The lowest BCUT2D eigenvalue weighted by atomic mass is 10.2. The lowest BCUT2D eigenvalue weighted by Crippen LogP contribution is -2.49. The Labute approximate surface area is 148 Å². The number of aryl methyl sites for hydroxylation is 1. The number of carbonyl (C=O) groups excluding carboxylic acids is 1. The number of hydrogen-bond acceptors (Lipinski definition) is 5. The number of nitrogens with zero attached hydrogens (tertiary/aromatic N) is 1. The van der Waals surface area contributed by atoms with Crippen LogP contribution in [0.4, 0.5) is 0 Å². The van der Waals surface area contributed by atoms with Gasteiger partial charge in [-0.1, -0.05) is 23.8 Å². The van der Waals surface area contributed by atoms with E-state index < -0.39 is 27.6 Å². The van der Waals surface area contributed by atoms with Crippen molar-refractivity contribution in [1.82, 2.24) is 4.31 Å². The molecule has 0 spiro atoms. The van der Waals surface area contributed by atoms with Crippen LogP contribution in [-0.2, 0) is 24.3 Å². The Kier molecular flexibility index (Phi) is 7.89. The number of esters is 1. The van der Waals surface area contributed by atoms with Gasteiger partial charge >= 0.3 is 5.97 Å². The smallest absolute Gasteiger partial charge is 0.327 e. The summed E-state index contributed by atoms with van der Waals surface area (Å²) in [5.41, 5.74) is 0.926. The van der Waals surface area contributed by atoms with Crippen LogP contribution in [0, 0.1) is 6.92 Å². The molecule has 0 amide bonds. The average molecular weight is 376 g/mol. The number of hydrogen-bond donors (Lipinski definition) is 0. The highest BCUT2D eigenvalue weighted by Gasteiger charge is 2.39. The van der Waals surface area contributed by atoms with E-state index in [0.717, 1.165) is 9.87 Å². The fraction of sp³-hybridized carbons (Fsp3) is 0.438. The van der Waals surface area contributed by atoms with Crippen molar-refractivity contribution in [2.24, 2.45) is 0 Å². The third kappa shape index (κ3) is 4.80. The first-order valence-corrected chi connectivity index (χ1v) is 9.20. The zero-order valence-electron chi connectivity index (χ0n) is 13.9. The summed E-state index contributed by atoms with van der Waals surface area (Å²) in [6.45, 7) is 7.20. The molecular formula is C16H22ClNO5S. The summed E-state index contributed by atoms with van der Waals surface area (Å²) >= 11 is 6.09. The highest BCUT2D eigenvalue weighted by molar-refractivity contribution is 7.89. The van der Waals surface area contributed by atoms with Gasteiger partial charge in [-0.05, 0) is 26.0 Å². The molecule has 0 saturated heterocycles. The molecule has 0 heterocycles. The second-order valence-corrected chi connectivity index (χ2v) is 7.31. The number of benzene rings is 1. The van der Waals surface area contributed by atoms with E-state index >= 15 is 0 Å². The molecule has 0 radical (unpaired) electrons. The highest BCUT2D eigenvalue weighted by Crippen LogP contribution is 2.23. The van der Waals surface area contributed by atoms with Gasteiger partial charge in [0, 0.05) is 13.2 Å². The summed E-state index contributed by atoms with van der Waals surface area (Å²) in [6, 6.07) is 6.36. The Morgan fingerprint density at radius 3 is 2.42 bits per heavy atom. The molecule has 0 saturated carbocycles. The third-order valence-electron chi connectivity index (χ3n) is 3.23. The van der Waals surface area contributed by atoms with Gasteiger partial charge in [-0.3, -0.25) is 4.79 Å². The van der Waals surface area contributed by atoms with Crippen molar-refractivity contribution >= 4 is 27.6 Å². The number of carbonyl (C=O) groups is 1. The number of halogens is 1. The molecule has 0 aromatic heterocycles. The first-order valence-electron chi connectivity index (χ1n) is 7.32. The largest absolute Gasteiger partial charge is 0.468 e. The Hall–Kier alpha value is -1.41. The molecule has 1 rings (SSSR count). The molecular weight excluding hydrogens is 354 g/mol. The van der Waals surface area contributed by atoms with Gasteiger partial charge in [-0.25, -0.2) is 8.42 Å². The van der Waals surface area contributed by atoms with Crippen molar-refractivity contribution in [2.75, 3.05) is 20.3 Å². The SMILES string of the molecule is C=CCN([C@H](OCC)[C@@H](Cl)C(=O)OC)S(=O)(=O)c1ccc(C)cc1. The van der Waals surface area contributed by atoms with Gasteiger partial charge in [0.1, 0.15) is 0 Å². The normalized spacial score (nSPS) is 14.2. The molecule has 0 aliphatic rings. The van der Waals surface area contributed by atoms with Crippen molar-refractivity contribution in [2.45, 2.75) is 30.3 Å². The van der Waals surface area contributed by atoms with Gasteiger partial charge in [-0.2, -0.15) is 4.31 Å². The standard InChI is InChI=1S/C16H22ClNO5S/c1-5-11-18(15(23-6-2)14(17)16(19)22-4)24(20,21)13-9-7-12(3)8-10-13/h5,7-10,14-15H,1,6,11H2,2-4H3/t14-,15-/m1/s1. The van der Waals surface area contributed by atoms with Gasteiger partial charge in [0.05, 0.1) is 12.0 Å². The van der Waals surface area contributed by atoms with Crippen LogP contribution < -0.4 is 0 Å². The molecule has 8 heteroatoms. The molecule has 0 aliphatic carbocycles. The van der Waals surface area contributed by atoms with Gasteiger partial charge in [0.15, 0.2) is 11.6 Å². The second kappa shape index (κ2) is 9.17. The lowest BCUT2D eigenvalue weighted by Gasteiger charge is -2.31. The molecule has 0 fully saturated rings. The molecule has 134 valence electrons. The summed E-state index contributed by atoms with van der Waals surface area (Å²) < 4.78 is 37.0. The molecule has 0 aliphatic heterocycles. The fourth-order valence-electron chi connectivity index (χ4n) is 2.03. The fourth-order valence-corrected chi connectivity index (χ4v) is 3.90. The number of alkyl halides is 1. The maximum atomic E-state index is 13.0. The van der Waals surface area contributed by atoms with Crippen LogP contribution in [0.3, 0.4) is 0 Å². The van der Waals surface area contributed by atoms with Crippen LogP contribution in [-0.4, -0.2) is 50.6 Å². The van der Waals surface area contributed by atoms with Crippen molar-refractivity contribution in [3.8, 4) is 0 Å². The number of methoxy groups -OCH3 is 1. The van der Waals surface area contributed by atoms with E-state index in [1.54, 1.807) is 19.1 Å². The van der Waals surface area contributed by atoms with E-state index in [1.165, 1.54) is 25.3 Å². The predicted octanol–water partition coefficient (Wildman–Crippen LogP) is 2.31. The molecule has 6 nitrogen and oxygen atoms in total. The topological polar surface area (TPSA) is 72.9 Å². The maximum Gasteiger partial charge on any atom is 0.327 e. The predicted molar refractivity (Wildman–Crippen MR) is 92.3 cm³/mol. The summed E-state index contributed by atoms with van der Waals surface area (Å²) in [5.74, 6) is -0.775. The van der Waals surface area contributed by atoms with E-state index in [0.29, 0.717) is 0 Å². The average Bonchev–Trinajstić information content (AvgIpc) is 2.57. The quantitative estimate of drug-likeness (QED) is 0.286. The summed E-state index contributed by atoms with van der Waals surface area (Å²) in [7, 11) is -2.77. The van der Waals surface area contributed by atoms with Crippen molar-refractivity contribution in [1.29, 1.82) is 0 Å². The van der Waals surface area contributed by atoms with Gasteiger partial charge < -0.3 is 9.47 Å². The van der Waals surface area contributed by atoms with Crippen LogP contribution in [0.1, 0.15) is 12.5 Å². The van der Waals surface area contributed by atoms with Crippen molar-refractivity contribution in [3.63, 3.8) is 0 Å². The summed E-state index contributed by atoms with van der Waals surface area (Å²) in [6.07, 6.45) is 0.187. The van der Waals surface area contributed by atoms with Crippen LogP contribution in [0.2, 0.25) is 0 Å². The molecule has 0 unspecified atom stereocenters. The summed E-state index contributed by atoms with van der Waals surface area (Å²) in [4.78, 5) is 11.8. The monoisotopic (exact) mass is 375 g/mol. The van der Waals surface area contributed by atoms with E-state index in [-0.39, 0.29) is 18.0 Å². The minimum Gasteiger partial charge on any atom is -0.468 e. The third-order valence-corrected chi connectivity index (χ3v) is 5.47. The van der Waals surface area contributed by atoms with Crippen LogP contribution in [0.5, 0.6) is 0 Å². The van der Waals surface area contributed by atoms with Crippen molar-refractivity contribution < 1.29 is 22.7 Å². The first kappa shape index (κ1) is 20.6. The minimum absolute atomic E-state index is 0.0684. The van der Waals surface area contributed by atoms with E-state index in [1.807, 2.05) is 6.92 Å². The zero-order chi connectivity index (χ0) is 18.3. The molecule has 0 N–H and O–H groups in total. The number of rotatable bonds is 9. The number of sulfonamides is 1. The Balaban J connectivity index is 3.32. The van der Waals surface area contributed by atoms with E-state index in [4.69, 9.17) is 16.3 Å². The molecule has 2 atom stereocenters. The maximum absolute atomic E-state index is 13.0. The van der Waals surface area contributed by atoms with Gasteiger partial charge in [-0.15, -0.1) is 18.2 Å². The summed E-state index contributed by atoms with van der Waals surface area (Å²) in [5, 5.41) is -1.31. The van der Waals surface area contributed by atoms with Crippen LogP contribution in [0.15, 0.2) is 41.8 Å². The van der Waals surface area contributed by atoms with Gasteiger partial charge in [0.2, 0.25) is 10.0 Å². The highest BCUT2D eigenvalue weighted by atomic mass is 35.5. The molecule has 1 aromatic rings. The van der Waals surface area contributed by atoms with Crippen LogP contribution >= 0.6 is 11.6 Å². The van der Waals surface area contributed by atoms with E-state index in [2.05, 4.69) is 11.3 Å². The second-order valence-electron chi connectivity index (χ2n) is 4.95. The number of ether oxygens (including phenoxy) is 2. The Bertz CT molecular complexity index is 660. The molecule has 1 aromatic carbocycles. The Morgan fingerprint density at radius 1 is 1.38 bits per heavy atom. The van der Waals surface area contributed by atoms with Crippen molar-refractivity contribution in [3.05, 3.63) is 42.5 Å². The van der Waals surface area contributed by atoms with Gasteiger partial charge in [0.25, 0.3) is 0 Å². The lowest BCUT2D eigenvalue weighted by molar-refractivity contribution is -0.145.